The van der Waals surface area contributed by atoms with Crippen molar-refractivity contribution in [1.29, 1.82) is 0 Å². The summed E-state index contributed by atoms with van der Waals surface area (Å²) in [4.78, 5) is 27.8. The molecule has 1 fully saturated rings. The number of nitrogens with zero attached hydrogens (tertiary/aromatic N) is 2. The van der Waals surface area contributed by atoms with Crippen LogP contribution in [-0.4, -0.2) is 68.9 Å². The van der Waals surface area contributed by atoms with Crippen LogP contribution in [-0.2, 0) is 4.79 Å². The van der Waals surface area contributed by atoms with Crippen molar-refractivity contribution in [2.75, 3.05) is 52.6 Å². The zero-order valence-electron chi connectivity index (χ0n) is 16.0. The molecule has 1 heterocycles. The first-order chi connectivity index (χ1) is 12.0. The molecular formula is C19H31ClN4O2. The lowest BCUT2D eigenvalue weighted by molar-refractivity contribution is -0.117. The van der Waals surface area contributed by atoms with E-state index >= 15 is 0 Å². The Morgan fingerprint density at radius 3 is 2.31 bits per heavy atom. The van der Waals surface area contributed by atoms with Crippen molar-refractivity contribution >= 4 is 29.9 Å². The summed E-state index contributed by atoms with van der Waals surface area (Å²) in [6.07, 6.45) is 3.54. The molecule has 26 heavy (non-hydrogen) atoms. The average molecular weight is 383 g/mol. The van der Waals surface area contributed by atoms with Gasteiger partial charge in [0.25, 0.3) is 5.91 Å². The molecule has 1 aromatic carbocycles. The van der Waals surface area contributed by atoms with E-state index in [1.807, 2.05) is 7.05 Å². The third-order valence-corrected chi connectivity index (χ3v) is 4.70. The van der Waals surface area contributed by atoms with E-state index in [2.05, 4.69) is 15.5 Å². The molecule has 146 valence electrons. The Kier molecular flexibility index (Phi) is 9.62. The molecule has 7 heteroatoms. The number of anilines is 1. The molecule has 2 N–H and O–H groups in total. The van der Waals surface area contributed by atoms with Crippen molar-refractivity contribution in [2.24, 2.45) is 5.92 Å². The van der Waals surface area contributed by atoms with Gasteiger partial charge in [-0.15, -0.1) is 12.4 Å². The molecule has 0 radical (unpaired) electrons. The van der Waals surface area contributed by atoms with Gasteiger partial charge in [0.15, 0.2) is 0 Å². The van der Waals surface area contributed by atoms with Gasteiger partial charge in [-0.2, -0.15) is 0 Å². The van der Waals surface area contributed by atoms with Gasteiger partial charge in [-0.05, 0) is 76.1 Å². The number of benzene rings is 1. The average Bonchev–Trinajstić information content (AvgIpc) is 2.61. The third kappa shape index (κ3) is 6.94. The number of likely N-dealkylation sites (tertiary alicyclic amines) is 1. The molecule has 0 atom stereocenters. The SMILES string of the molecule is CNCCC1CCN(CC(=O)Nc2ccc(C(=O)N(C)C)cc2)CC1.Cl. The lowest BCUT2D eigenvalue weighted by Crippen LogP contribution is -2.39. The second-order valence-electron chi connectivity index (χ2n) is 6.94. The standard InChI is InChI=1S/C19H30N4O2.ClH/c1-20-11-8-15-9-12-23(13-10-15)14-18(24)21-17-6-4-16(5-7-17)19(25)22(2)3;/h4-7,15,20H,8-14H2,1-3H3,(H,21,24);1H. The number of piperidine rings is 1. The van der Waals surface area contributed by atoms with Crippen molar-refractivity contribution in [3.05, 3.63) is 29.8 Å². The quantitative estimate of drug-likeness (QED) is 0.757. The molecule has 0 bridgehead atoms. The maximum Gasteiger partial charge on any atom is 0.253 e. The maximum atomic E-state index is 12.2. The molecule has 0 spiro atoms. The summed E-state index contributed by atoms with van der Waals surface area (Å²) in [5.74, 6) is 0.730. The van der Waals surface area contributed by atoms with Crippen molar-refractivity contribution in [3.63, 3.8) is 0 Å². The number of rotatable bonds is 7. The van der Waals surface area contributed by atoms with Crippen molar-refractivity contribution in [1.82, 2.24) is 15.1 Å². The number of amides is 2. The molecule has 0 saturated carbocycles. The molecule has 0 unspecified atom stereocenters. The third-order valence-electron chi connectivity index (χ3n) is 4.70. The minimum Gasteiger partial charge on any atom is -0.345 e. The van der Waals surface area contributed by atoms with Crippen LogP contribution in [0.15, 0.2) is 24.3 Å². The fourth-order valence-electron chi connectivity index (χ4n) is 3.14. The van der Waals surface area contributed by atoms with Crippen LogP contribution >= 0.6 is 12.4 Å². The highest BCUT2D eigenvalue weighted by Crippen LogP contribution is 2.20. The molecule has 2 rings (SSSR count). The van der Waals surface area contributed by atoms with Crippen LogP contribution in [0.25, 0.3) is 0 Å². The number of hydrogen-bond donors (Lipinski definition) is 2. The van der Waals surface area contributed by atoms with E-state index in [4.69, 9.17) is 0 Å². The van der Waals surface area contributed by atoms with Crippen LogP contribution < -0.4 is 10.6 Å². The topological polar surface area (TPSA) is 64.7 Å². The normalized spacial score (nSPS) is 15.2. The van der Waals surface area contributed by atoms with Gasteiger partial charge in [0, 0.05) is 25.3 Å². The fraction of sp³-hybridized carbons (Fsp3) is 0.579. The van der Waals surface area contributed by atoms with Crippen molar-refractivity contribution in [2.45, 2.75) is 19.3 Å². The van der Waals surface area contributed by atoms with E-state index in [1.54, 1.807) is 38.4 Å². The zero-order valence-corrected chi connectivity index (χ0v) is 16.8. The molecule has 1 aliphatic rings. The van der Waals surface area contributed by atoms with Crippen LogP contribution in [0.1, 0.15) is 29.6 Å². The Hall–Kier alpha value is -1.63. The molecule has 1 aliphatic heterocycles. The van der Waals surface area contributed by atoms with Gasteiger partial charge in [-0.3, -0.25) is 14.5 Å². The first kappa shape index (κ1) is 22.4. The van der Waals surface area contributed by atoms with E-state index in [-0.39, 0.29) is 24.2 Å². The fourth-order valence-corrected chi connectivity index (χ4v) is 3.14. The first-order valence-electron chi connectivity index (χ1n) is 8.98. The first-order valence-corrected chi connectivity index (χ1v) is 8.98. The summed E-state index contributed by atoms with van der Waals surface area (Å²) in [6, 6.07) is 7.04. The van der Waals surface area contributed by atoms with Gasteiger partial charge < -0.3 is 15.5 Å². The summed E-state index contributed by atoms with van der Waals surface area (Å²) in [6.45, 7) is 3.46. The highest BCUT2D eigenvalue weighted by Gasteiger charge is 2.20. The second-order valence-corrected chi connectivity index (χ2v) is 6.94. The zero-order chi connectivity index (χ0) is 18.2. The van der Waals surface area contributed by atoms with Crippen LogP contribution in [0.2, 0.25) is 0 Å². The van der Waals surface area contributed by atoms with Crippen LogP contribution in [0.3, 0.4) is 0 Å². The highest BCUT2D eigenvalue weighted by atomic mass is 35.5. The molecule has 1 aromatic rings. The summed E-state index contributed by atoms with van der Waals surface area (Å²) in [7, 11) is 5.43. The molecule has 2 amide bonds. The predicted molar refractivity (Wildman–Crippen MR) is 108 cm³/mol. The van der Waals surface area contributed by atoms with E-state index in [9.17, 15) is 9.59 Å². The van der Waals surface area contributed by atoms with Gasteiger partial charge in [0.05, 0.1) is 6.54 Å². The van der Waals surface area contributed by atoms with Crippen LogP contribution in [0.5, 0.6) is 0 Å². The number of hydrogen-bond acceptors (Lipinski definition) is 4. The van der Waals surface area contributed by atoms with Crippen molar-refractivity contribution in [3.8, 4) is 0 Å². The number of nitrogens with one attached hydrogen (secondary N) is 2. The predicted octanol–water partition coefficient (Wildman–Crippen LogP) is 2.07. The summed E-state index contributed by atoms with van der Waals surface area (Å²) < 4.78 is 0. The van der Waals surface area contributed by atoms with E-state index in [0.717, 1.165) is 44.1 Å². The van der Waals surface area contributed by atoms with E-state index in [0.29, 0.717) is 12.1 Å². The Morgan fingerprint density at radius 1 is 1.15 bits per heavy atom. The minimum atomic E-state index is -0.0426. The van der Waals surface area contributed by atoms with Gasteiger partial charge in [0.2, 0.25) is 5.91 Å². The van der Waals surface area contributed by atoms with Gasteiger partial charge >= 0.3 is 0 Å². The minimum absolute atomic E-state index is 0. The smallest absolute Gasteiger partial charge is 0.253 e. The molecule has 0 aliphatic carbocycles. The maximum absolute atomic E-state index is 12.2. The number of halogens is 1. The Morgan fingerprint density at radius 2 is 1.77 bits per heavy atom. The van der Waals surface area contributed by atoms with Gasteiger partial charge in [-0.25, -0.2) is 0 Å². The van der Waals surface area contributed by atoms with Gasteiger partial charge in [-0.1, -0.05) is 0 Å². The molecule has 1 saturated heterocycles. The molecule has 6 nitrogen and oxygen atoms in total. The summed E-state index contributed by atoms with van der Waals surface area (Å²) >= 11 is 0. The second kappa shape index (κ2) is 11.2. The van der Waals surface area contributed by atoms with E-state index in [1.165, 1.54) is 11.3 Å². The lowest BCUT2D eigenvalue weighted by Gasteiger charge is -2.31. The summed E-state index contributed by atoms with van der Waals surface area (Å²) in [5, 5.41) is 6.12. The Labute approximate surface area is 162 Å². The largest absolute Gasteiger partial charge is 0.345 e. The summed E-state index contributed by atoms with van der Waals surface area (Å²) in [5.41, 5.74) is 1.34. The van der Waals surface area contributed by atoms with Crippen LogP contribution in [0, 0.1) is 5.92 Å². The van der Waals surface area contributed by atoms with Crippen LogP contribution in [0.4, 0.5) is 5.69 Å². The Bertz CT molecular complexity index is 569. The number of carbonyl (C=O) groups excluding carboxylic acids is 2. The molecule has 0 aromatic heterocycles. The number of carbonyl (C=O) groups is 2. The van der Waals surface area contributed by atoms with Crippen molar-refractivity contribution < 1.29 is 9.59 Å². The Balaban J connectivity index is 0.00000338. The highest BCUT2D eigenvalue weighted by molar-refractivity contribution is 5.96. The molecular weight excluding hydrogens is 352 g/mol. The van der Waals surface area contributed by atoms with Gasteiger partial charge in [0.1, 0.15) is 0 Å². The van der Waals surface area contributed by atoms with E-state index < -0.39 is 0 Å². The lowest BCUT2D eigenvalue weighted by atomic mass is 9.93. The monoisotopic (exact) mass is 382 g/mol.